The molecule has 1 aromatic heterocycles. The zero-order chi connectivity index (χ0) is 30.2. The SMILES string of the molecule is NCCN(CCN)C(=O)CC(N)C(=O)NC(C(=O)Nc1ccc2ncccc2c1)C(O)c1ccc(C(F)(F)F)cc1. The number of aliphatic hydroxyl groups excluding tert-OH is 1. The monoisotopic (exact) mass is 575 g/mol. The van der Waals surface area contributed by atoms with Crippen molar-refractivity contribution in [2.75, 3.05) is 31.5 Å². The minimum Gasteiger partial charge on any atom is -0.386 e. The van der Waals surface area contributed by atoms with Gasteiger partial charge in [0.1, 0.15) is 12.1 Å². The average molecular weight is 576 g/mol. The normalized spacial score (nSPS) is 13.7. The van der Waals surface area contributed by atoms with Crippen LogP contribution in [0, 0.1) is 0 Å². The van der Waals surface area contributed by atoms with Crippen molar-refractivity contribution in [3.8, 4) is 0 Å². The number of aliphatic hydroxyl groups is 1. The molecular formula is C27H32F3N7O4. The van der Waals surface area contributed by atoms with Crippen LogP contribution in [-0.4, -0.2) is 71.0 Å². The van der Waals surface area contributed by atoms with Gasteiger partial charge in [0, 0.05) is 43.4 Å². The van der Waals surface area contributed by atoms with Gasteiger partial charge in [-0.3, -0.25) is 19.4 Å². The molecule has 1 heterocycles. The molecule has 0 radical (unpaired) electrons. The highest BCUT2D eigenvalue weighted by Crippen LogP contribution is 2.30. The Labute approximate surface area is 233 Å². The van der Waals surface area contributed by atoms with E-state index in [-0.39, 0.29) is 31.7 Å². The summed E-state index contributed by atoms with van der Waals surface area (Å²) in [5.41, 5.74) is 16.9. The summed E-state index contributed by atoms with van der Waals surface area (Å²) in [4.78, 5) is 44.5. The number of fused-ring (bicyclic) bond motifs is 1. The van der Waals surface area contributed by atoms with Gasteiger partial charge in [-0.25, -0.2) is 0 Å². The number of halogens is 3. The second-order valence-corrected chi connectivity index (χ2v) is 9.22. The van der Waals surface area contributed by atoms with E-state index >= 15 is 0 Å². The third kappa shape index (κ3) is 8.44. The van der Waals surface area contributed by atoms with Crippen LogP contribution < -0.4 is 27.8 Å². The van der Waals surface area contributed by atoms with E-state index in [1.807, 2.05) is 0 Å². The molecular weight excluding hydrogens is 543 g/mol. The summed E-state index contributed by atoms with van der Waals surface area (Å²) in [6.07, 6.45) is -5.21. The average Bonchev–Trinajstić information content (AvgIpc) is 2.94. The summed E-state index contributed by atoms with van der Waals surface area (Å²) in [5.74, 6) is -2.30. The Bertz CT molecular complexity index is 1350. The Morgan fingerprint density at radius 2 is 1.63 bits per heavy atom. The number of anilines is 1. The number of aromatic nitrogens is 1. The molecule has 0 aliphatic rings. The molecule has 0 fully saturated rings. The molecule has 0 bridgehead atoms. The van der Waals surface area contributed by atoms with E-state index in [4.69, 9.17) is 17.2 Å². The van der Waals surface area contributed by atoms with E-state index in [1.165, 1.54) is 4.90 Å². The number of alkyl halides is 3. The van der Waals surface area contributed by atoms with Crippen LogP contribution in [-0.2, 0) is 20.6 Å². The fraction of sp³-hybridized carbons (Fsp3) is 0.333. The summed E-state index contributed by atoms with van der Waals surface area (Å²) in [7, 11) is 0. The van der Waals surface area contributed by atoms with Crippen molar-refractivity contribution in [3.63, 3.8) is 0 Å². The summed E-state index contributed by atoms with van der Waals surface area (Å²) in [6.45, 7) is 0.728. The fourth-order valence-corrected chi connectivity index (χ4v) is 4.07. The largest absolute Gasteiger partial charge is 0.416 e. The molecule has 0 saturated heterocycles. The molecule has 9 N–H and O–H groups in total. The van der Waals surface area contributed by atoms with Gasteiger partial charge >= 0.3 is 6.18 Å². The van der Waals surface area contributed by atoms with Gasteiger partial charge in [-0.15, -0.1) is 0 Å². The van der Waals surface area contributed by atoms with E-state index in [9.17, 15) is 32.7 Å². The lowest BCUT2D eigenvalue weighted by atomic mass is 9.99. The van der Waals surface area contributed by atoms with Crippen molar-refractivity contribution in [1.82, 2.24) is 15.2 Å². The van der Waals surface area contributed by atoms with Gasteiger partial charge in [0.15, 0.2) is 0 Å². The van der Waals surface area contributed by atoms with Crippen LogP contribution in [0.15, 0.2) is 60.8 Å². The molecule has 0 spiro atoms. The number of amides is 3. The number of carbonyl (C=O) groups excluding carboxylic acids is 3. The molecule has 3 atom stereocenters. The van der Waals surface area contributed by atoms with Crippen molar-refractivity contribution < 1.29 is 32.7 Å². The van der Waals surface area contributed by atoms with E-state index in [0.717, 1.165) is 24.3 Å². The topological polar surface area (TPSA) is 190 Å². The molecule has 14 heteroatoms. The van der Waals surface area contributed by atoms with Crippen LogP contribution in [0.25, 0.3) is 10.9 Å². The molecule has 0 saturated carbocycles. The zero-order valence-corrected chi connectivity index (χ0v) is 22.0. The van der Waals surface area contributed by atoms with Crippen molar-refractivity contribution in [2.45, 2.75) is 30.8 Å². The van der Waals surface area contributed by atoms with Crippen LogP contribution in [0.5, 0.6) is 0 Å². The first-order valence-corrected chi connectivity index (χ1v) is 12.7. The highest BCUT2D eigenvalue weighted by atomic mass is 19.4. The van der Waals surface area contributed by atoms with Crippen LogP contribution >= 0.6 is 0 Å². The van der Waals surface area contributed by atoms with Gasteiger partial charge in [0.25, 0.3) is 0 Å². The van der Waals surface area contributed by atoms with Gasteiger partial charge in [-0.05, 0) is 42.0 Å². The highest BCUT2D eigenvalue weighted by molar-refractivity contribution is 6.00. The van der Waals surface area contributed by atoms with Crippen LogP contribution in [0.2, 0.25) is 0 Å². The predicted molar refractivity (Wildman–Crippen MR) is 146 cm³/mol. The minimum absolute atomic E-state index is 0.0668. The molecule has 3 amide bonds. The minimum atomic E-state index is -4.61. The summed E-state index contributed by atoms with van der Waals surface area (Å²) >= 11 is 0. The molecule has 3 rings (SSSR count). The number of nitrogens with one attached hydrogen (secondary N) is 2. The Balaban J connectivity index is 1.83. The predicted octanol–water partition coefficient (Wildman–Crippen LogP) is 0.874. The molecule has 11 nitrogen and oxygen atoms in total. The number of hydrogen-bond donors (Lipinski definition) is 6. The van der Waals surface area contributed by atoms with Crippen LogP contribution in [0.1, 0.15) is 23.7 Å². The molecule has 0 aliphatic carbocycles. The quantitative estimate of drug-likeness (QED) is 0.183. The summed E-state index contributed by atoms with van der Waals surface area (Å²) in [5, 5.41) is 16.7. The van der Waals surface area contributed by atoms with Gasteiger partial charge in [-0.2, -0.15) is 13.2 Å². The second kappa shape index (κ2) is 14.0. The van der Waals surface area contributed by atoms with Gasteiger partial charge in [0.05, 0.1) is 23.5 Å². The zero-order valence-electron chi connectivity index (χ0n) is 22.0. The van der Waals surface area contributed by atoms with Crippen molar-refractivity contribution in [2.24, 2.45) is 17.2 Å². The first-order valence-electron chi connectivity index (χ1n) is 12.7. The lowest BCUT2D eigenvalue weighted by Gasteiger charge is -2.26. The lowest BCUT2D eigenvalue weighted by Crippen LogP contribution is -2.53. The molecule has 3 aromatic rings. The molecule has 2 aromatic carbocycles. The standard InChI is InChI=1S/C27H32F3N7O4/c28-27(29,30)18-5-3-16(4-6-18)24(39)23(26(41)35-19-7-8-21-17(14-19)2-1-11-34-21)36-25(40)20(33)15-22(38)37(12-9-31)13-10-32/h1-8,11,14,20,23-24,39H,9-10,12-13,15,31-33H2,(H,35,41)(H,36,40). The Kier molecular flexibility index (Phi) is 10.7. The number of rotatable bonds is 12. The van der Waals surface area contributed by atoms with Crippen molar-refractivity contribution >= 4 is 34.3 Å². The number of carbonyl (C=O) groups is 3. The van der Waals surface area contributed by atoms with Gasteiger partial charge < -0.3 is 37.8 Å². The third-order valence-electron chi connectivity index (χ3n) is 6.23. The number of nitrogens with zero attached hydrogens (tertiary/aromatic N) is 2. The first kappa shape index (κ1) is 31.4. The van der Waals surface area contributed by atoms with E-state index in [0.29, 0.717) is 16.6 Å². The smallest absolute Gasteiger partial charge is 0.386 e. The lowest BCUT2D eigenvalue weighted by molar-refractivity contribution is -0.137. The molecule has 41 heavy (non-hydrogen) atoms. The molecule has 220 valence electrons. The maximum Gasteiger partial charge on any atom is 0.416 e. The summed E-state index contributed by atoms with van der Waals surface area (Å²) in [6, 6.07) is 8.71. The first-order chi connectivity index (χ1) is 19.4. The Morgan fingerprint density at radius 1 is 0.976 bits per heavy atom. The molecule has 0 aliphatic heterocycles. The number of benzene rings is 2. The van der Waals surface area contributed by atoms with E-state index in [1.54, 1.807) is 36.5 Å². The van der Waals surface area contributed by atoms with E-state index in [2.05, 4.69) is 15.6 Å². The maximum atomic E-state index is 13.3. The maximum absolute atomic E-state index is 13.3. The van der Waals surface area contributed by atoms with Crippen LogP contribution in [0.4, 0.5) is 18.9 Å². The van der Waals surface area contributed by atoms with Gasteiger partial charge in [0.2, 0.25) is 17.7 Å². The van der Waals surface area contributed by atoms with Gasteiger partial charge in [-0.1, -0.05) is 18.2 Å². The van der Waals surface area contributed by atoms with Crippen molar-refractivity contribution in [1.29, 1.82) is 0 Å². The fourth-order valence-electron chi connectivity index (χ4n) is 4.07. The van der Waals surface area contributed by atoms with E-state index < -0.39 is 54.1 Å². The Morgan fingerprint density at radius 3 is 2.24 bits per heavy atom. The highest BCUT2D eigenvalue weighted by Gasteiger charge is 2.34. The van der Waals surface area contributed by atoms with Crippen LogP contribution in [0.3, 0.4) is 0 Å². The molecule has 3 unspecified atom stereocenters. The number of nitrogens with two attached hydrogens (primary N) is 3. The third-order valence-corrected chi connectivity index (χ3v) is 6.23. The van der Waals surface area contributed by atoms with Crippen molar-refractivity contribution in [3.05, 3.63) is 71.9 Å². The Hall–Kier alpha value is -4.11. The second-order valence-electron chi connectivity index (χ2n) is 9.22. The number of hydrogen-bond acceptors (Lipinski definition) is 8. The number of pyridine rings is 1. The summed E-state index contributed by atoms with van der Waals surface area (Å²) < 4.78 is 39.1.